The van der Waals surface area contributed by atoms with Gasteiger partial charge in [0.1, 0.15) is 0 Å². The highest BCUT2D eigenvalue weighted by Gasteiger charge is 2.29. The van der Waals surface area contributed by atoms with Crippen LogP contribution in [-0.4, -0.2) is 40.8 Å². The molecule has 1 aliphatic heterocycles. The van der Waals surface area contributed by atoms with Crippen LogP contribution in [0.3, 0.4) is 0 Å². The van der Waals surface area contributed by atoms with Gasteiger partial charge in [-0.2, -0.15) is 0 Å². The number of benzene rings is 2. The van der Waals surface area contributed by atoms with Gasteiger partial charge in [-0.15, -0.1) is 10.2 Å². The maximum absolute atomic E-state index is 13.7. The van der Waals surface area contributed by atoms with Crippen LogP contribution in [0.5, 0.6) is 0 Å². The van der Waals surface area contributed by atoms with Crippen LogP contribution in [-0.2, 0) is 0 Å². The minimum atomic E-state index is -0.0476. The predicted octanol–water partition coefficient (Wildman–Crippen LogP) is 5.10. The van der Waals surface area contributed by atoms with E-state index < -0.39 is 0 Å². The molecule has 1 atom stereocenters. The minimum absolute atomic E-state index is 0.0476. The number of fused-ring (bicyclic) bond motifs is 2. The fraction of sp³-hybridized carbons (Fsp3) is 0.192. The van der Waals surface area contributed by atoms with E-state index >= 15 is 0 Å². The fourth-order valence-electron chi connectivity index (χ4n) is 4.32. The van der Waals surface area contributed by atoms with E-state index in [2.05, 4.69) is 37.9 Å². The molecule has 35 heavy (non-hydrogen) atoms. The Hall–Kier alpha value is -3.43. The number of aryl methyl sites for hydroxylation is 2. The van der Waals surface area contributed by atoms with Gasteiger partial charge in [0.25, 0.3) is 5.56 Å². The summed E-state index contributed by atoms with van der Waals surface area (Å²) in [7, 11) is 0. The molecule has 4 heterocycles. The molecule has 0 N–H and O–H groups in total. The van der Waals surface area contributed by atoms with Gasteiger partial charge in [0, 0.05) is 29.5 Å². The van der Waals surface area contributed by atoms with Crippen LogP contribution in [0.1, 0.15) is 17.2 Å². The van der Waals surface area contributed by atoms with Crippen molar-refractivity contribution in [1.82, 2.24) is 29.3 Å². The quantitative estimate of drug-likeness (QED) is 0.247. The lowest BCUT2D eigenvalue weighted by Gasteiger charge is -2.18. The number of hydrogen-bond acceptors (Lipinski definition) is 7. The van der Waals surface area contributed by atoms with Crippen LogP contribution in [0.15, 0.2) is 82.1 Å². The first-order valence-electron chi connectivity index (χ1n) is 11.3. The van der Waals surface area contributed by atoms with E-state index in [4.69, 9.17) is 4.98 Å². The number of rotatable bonds is 5. The summed E-state index contributed by atoms with van der Waals surface area (Å²) in [5, 5.41) is 11.0. The number of hydrogen-bond donors (Lipinski definition) is 0. The molecule has 9 heteroatoms. The normalized spacial score (nSPS) is 15.0. The van der Waals surface area contributed by atoms with Crippen LogP contribution in [0, 0.1) is 13.8 Å². The van der Waals surface area contributed by atoms with Gasteiger partial charge in [-0.1, -0.05) is 47.8 Å². The van der Waals surface area contributed by atoms with Crippen molar-refractivity contribution in [2.24, 2.45) is 0 Å². The fourth-order valence-corrected chi connectivity index (χ4v) is 6.63. The Balaban J connectivity index is 1.41. The molecule has 0 amide bonds. The van der Waals surface area contributed by atoms with Crippen LogP contribution < -0.4 is 5.56 Å². The molecule has 174 valence electrons. The van der Waals surface area contributed by atoms with Gasteiger partial charge in [0.15, 0.2) is 16.1 Å². The molecule has 1 unspecified atom stereocenters. The second-order valence-corrected chi connectivity index (χ2v) is 10.5. The summed E-state index contributed by atoms with van der Waals surface area (Å²) in [4.78, 5) is 22.9. The third kappa shape index (κ3) is 3.94. The number of pyridine rings is 1. The molecule has 0 bridgehead atoms. The van der Waals surface area contributed by atoms with Crippen molar-refractivity contribution in [3.8, 4) is 17.1 Å². The molecule has 0 saturated carbocycles. The number of para-hydroxylation sites is 1. The zero-order valence-electron chi connectivity index (χ0n) is 19.3. The van der Waals surface area contributed by atoms with Gasteiger partial charge in [0.2, 0.25) is 0 Å². The van der Waals surface area contributed by atoms with Crippen molar-refractivity contribution < 1.29 is 0 Å². The van der Waals surface area contributed by atoms with Gasteiger partial charge in [-0.05, 0) is 55.3 Å². The Bertz CT molecular complexity index is 1610. The van der Waals surface area contributed by atoms with Crippen LogP contribution in [0.4, 0.5) is 0 Å². The van der Waals surface area contributed by atoms with Crippen LogP contribution in [0.25, 0.3) is 28.0 Å². The lowest BCUT2D eigenvalue weighted by atomic mass is 10.1. The number of thioether (sulfide) groups is 2. The Labute approximate surface area is 210 Å². The average Bonchev–Trinajstić information content (AvgIpc) is 3.48. The summed E-state index contributed by atoms with van der Waals surface area (Å²) in [6, 6.07) is 17.8. The zero-order valence-corrected chi connectivity index (χ0v) is 20.9. The molecule has 3 aromatic heterocycles. The van der Waals surface area contributed by atoms with E-state index in [1.165, 1.54) is 0 Å². The summed E-state index contributed by atoms with van der Waals surface area (Å²) in [6.45, 7) is 4.07. The molecule has 1 aliphatic rings. The molecule has 0 aliphatic carbocycles. The zero-order chi connectivity index (χ0) is 23.9. The molecule has 0 radical (unpaired) electrons. The van der Waals surface area contributed by atoms with Gasteiger partial charge in [-0.25, -0.2) is 4.98 Å². The van der Waals surface area contributed by atoms with Gasteiger partial charge >= 0.3 is 0 Å². The van der Waals surface area contributed by atoms with Crippen molar-refractivity contribution in [3.05, 3.63) is 88.5 Å². The summed E-state index contributed by atoms with van der Waals surface area (Å²) in [6.07, 6.45) is 3.57. The van der Waals surface area contributed by atoms with Crippen molar-refractivity contribution in [3.63, 3.8) is 0 Å². The lowest BCUT2D eigenvalue weighted by molar-refractivity contribution is 0.596. The maximum Gasteiger partial charge on any atom is 0.266 e. The average molecular weight is 499 g/mol. The third-order valence-corrected chi connectivity index (χ3v) is 8.28. The molecule has 5 aromatic rings. The first-order valence-corrected chi connectivity index (χ1v) is 13.3. The van der Waals surface area contributed by atoms with E-state index in [9.17, 15) is 4.79 Å². The van der Waals surface area contributed by atoms with E-state index in [1.807, 2.05) is 56.4 Å². The molecule has 0 saturated heterocycles. The SMILES string of the molecule is Cc1ccc(C)c(-n2c(SCC3CSc4nnc(-c5cccnc5)n43)nc3ccccc3c2=O)c1. The molecule has 7 nitrogen and oxygen atoms in total. The highest BCUT2D eigenvalue weighted by atomic mass is 32.2. The number of nitrogens with zero attached hydrogens (tertiary/aromatic N) is 6. The standard InChI is InChI=1S/C26H22N6OS2/c1-16-9-10-17(2)22(12-16)32-24(33)20-7-3-4-8-21(20)28-25(32)34-14-19-15-35-26-30-29-23(31(19)26)18-6-5-11-27-13-18/h3-13,19H,14-15H2,1-2H3. The molecular formula is C26H22N6OS2. The van der Waals surface area contributed by atoms with Crippen LogP contribution >= 0.6 is 23.5 Å². The summed E-state index contributed by atoms with van der Waals surface area (Å²) < 4.78 is 3.96. The number of aromatic nitrogens is 6. The molecule has 0 fully saturated rings. The summed E-state index contributed by atoms with van der Waals surface area (Å²) >= 11 is 3.30. The van der Waals surface area contributed by atoms with Crippen molar-refractivity contribution in [2.75, 3.05) is 11.5 Å². The smallest absolute Gasteiger partial charge is 0.266 e. The largest absolute Gasteiger partial charge is 0.297 e. The Morgan fingerprint density at radius 1 is 1.09 bits per heavy atom. The molecule has 0 spiro atoms. The minimum Gasteiger partial charge on any atom is -0.297 e. The van der Waals surface area contributed by atoms with E-state index in [0.717, 1.165) is 44.9 Å². The Kier molecular flexibility index (Phi) is 5.66. The highest BCUT2D eigenvalue weighted by Crippen LogP contribution is 2.39. The summed E-state index contributed by atoms with van der Waals surface area (Å²) in [5.74, 6) is 2.45. The lowest BCUT2D eigenvalue weighted by Crippen LogP contribution is -2.23. The first-order chi connectivity index (χ1) is 17.1. The van der Waals surface area contributed by atoms with E-state index in [1.54, 1.807) is 34.3 Å². The first kappa shape index (κ1) is 22.1. The Morgan fingerprint density at radius 3 is 2.83 bits per heavy atom. The van der Waals surface area contributed by atoms with Gasteiger partial charge in [0.05, 0.1) is 22.6 Å². The second kappa shape index (κ2) is 8.98. The Morgan fingerprint density at radius 2 is 1.97 bits per heavy atom. The molecule has 6 rings (SSSR count). The van der Waals surface area contributed by atoms with Gasteiger partial charge < -0.3 is 0 Å². The van der Waals surface area contributed by atoms with E-state index in [-0.39, 0.29) is 11.6 Å². The molecule has 2 aromatic carbocycles. The van der Waals surface area contributed by atoms with Crippen molar-refractivity contribution in [1.29, 1.82) is 0 Å². The van der Waals surface area contributed by atoms with Gasteiger partial charge in [-0.3, -0.25) is 18.9 Å². The predicted molar refractivity (Wildman–Crippen MR) is 141 cm³/mol. The maximum atomic E-state index is 13.7. The third-order valence-electron chi connectivity index (χ3n) is 6.11. The topological polar surface area (TPSA) is 78.5 Å². The second-order valence-electron chi connectivity index (χ2n) is 8.54. The van der Waals surface area contributed by atoms with Crippen molar-refractivity contribution in [2.45, 2.75) is 30.2 Å². The monoisotopic (exact) mass is 498 g/mol. The summed E-state index contributed by atoms with van der Waals surface area (Å²) in [5.41, 5.74) is 4.62. The molecular weight excluding hydrogens is 476 g/mol. The van der Waals surface area contributed by atoms with Crippen LogP contribution in [0.2, 0.25) is 0 Å². The van der Waals surface area contributed by atoms with Crippen molar-refractivity contribution >= 4 is 34.4 Å². The van der Waals surface area contributed by atoms with E-state index in [0.29, 0.717) is 16.1 Å². The highest BCUT2D eigenvalue weighted by molar-refractivity contribution is 8.00.